The molecule has 21 heavy (non-hydrogen) atoms. The van der Waals surface area contributed by atoms with Crippen LogP contribution in [0.4, 0.5) is 0 Å². The summed E-state index contributed by atoms with van der Waals surface area (Å²) < 4.78 is 1.97. The first-order chi connectivity index (χ1) is 10.2. The van der Waals surface area contributed by atoms with Crippen LogP contribution < -0.4 is 5.73 Å². The van der Waals surface area contributed by atoms with Crippen LogP contribution in [-0.4, -0.2) is 20.6 Å². The molecule has 3 N–H and O–H groups in total. The number of carboxylic acid groups (broad SMARTS) is 1. The minimum atomic E-state index is -0.978. The molecule has 0 fully saturated rings. The predicted molar refractivity (Wildman–Crippen MR) is 80.1 cm³/mol. The summed E-state index contributed by atoms with van der Waals surface area (Å²) in [4.78, 5) is 15.7. The molecule has 0 aliphatic rings. The van der Waals surface area contributed by atoms with E-state index in [2.05, 4.69) is 4.98 Å². The maximum atomic E-state index is 11.3. The summed E-state index contributed by atoms with van der Waals surface area (Å²) in [6.45, 7) is 0.882. The Morgan fingerprint density at radius 1 is 1.14 bits per heavy atom. The molecule has 0 unspecified atom stereocenters. The highest BCUT2D eigenvalue weighted by Crippen LogP contribution is 2.21. The largest absolute Gasteiger partial charge is 0.478 e. The Balaban J connectivity index is 2.17. The van der Waals surface area contributed by atoms with Gasteiger partial charge in [0, 0.05) is 6.54 Å². The smallest absolute Gasteiger partial charge is 0.337 e. The molecule has 106 valence electrons. The van der Waals surface area contributed by atoms with Crippen molar-refractivity contribution in [3.05, 3.63) is 65.5 Å². The van der Waals surface area contributed by atoms with E-state index in [4.69, 9.17) is 5.73 Å². The normalized spacial score (nSPS) is 10.9. The number of carbonyl (C=O) groups is 1. The second-order valence-corrected chi connectivity index (χ2v) is 4.78. The first-order valence-corrected chi connectivity index (χ1v) is 6.66. The second-order valence-electron chi connectivity index (χ2n) is 4.78. The third-order valence-electron chi connectivity index (χ3n) is 3.45. The number of nitrogens with two attached hydrogens (primary N) is 1. The Bertz CT molecular complexity index is 794. The fraction of sp³-hybridized carbons (Fsp3) is 0.125. The topological polar surface area (TPSA) is 81.1 Å². The van der Waals surface area contributed by atoms with Gasteiger partial charge >= 0.3 is 5.97 Å². The van der Waals surface area contributed by atoms with Crippen molar-refractivity contribution < 1.29 is 9.90 Å². The van der Waals surface area contributed by atoms with E-state index in [-0.39, 0.29) is 12.1 Å². The van der Waals surface area contributed by atoms with E-state index >= 15 is 0 Å². The van der Waals surface area contributed by atoms with Gasteiger partial charge in [-0.05, 0) is 17.7 Å². The molecule has 5 nitrogen and oxygen atoms in total. The molecule has 0 saturated heterocycles. The van der Waals surface area contributed by atoms with Crippen LogP contribution in [0.3, 0.4) is 0 Å². The summed E-state index contributed by atoms with van der Waals surface area (Å²) in [5.41, 5.74) is 8.36. The SMILES string of the molecule is NCc1nc2c(C(=O)O)cccc2n1Cc1ccccc1. The van der Waals surface area contributed by atoms with Gasteiger partial charge in [0.05, 0.1) is 17.6 Å². The van der Waals surface area contributed by atoms with E-state index in [0.717, 1.165) is 11.1 Å². The standard InChI is InChI=1S/C16H15N3O2/c17-9-14-18-15-12(16(20)21)7-4-8-13(15)19(14)10-11-5-2-1-3-6-11/h1-8H,9-10,17H2,(H,20,21). The lowest BCUT2D eigenvalue weighted by Gasteiger charge is -2.08. The maximum absolute atomic E-state index is 11.3. The van der Waals surface area contributed by atoms with E-state index in [0.29, 0.717) is 17.9 Å². The summed E-state index contributed by atoms with van der Waals surface area (Å²) in [5, 5.41) is 9.26. The van der Waals surface area contributed by atoms with Crippen molar-refractivity contribution >= 4 is 17.0 Å². The molecule has 3 aromatic rings. The first kappa shape index (κ1) is 13.3. The number of hydrogen-bond donors (Lipinski definition) is 2. The lowest BCUT2D eigenvalue weighted by Crippen LogP contribution is -2.09. The number of hydrogen-bond acceptors (Lipinski definition) is 3. The van der Waals surface area contributed by atoms with Crippen molar-refractivity contribution in [1.82, 2.24) is 9.55 Å². The van der Waals surface area contributed by atoms with Gasteiger partial charge in [0.15, 0.2) is 0 Å². The number of benzene rings is 2. The predicted octanol–water partition coefficient (Wildman–Crippen LogP) is 2.24. The quantitative estimate of drug-likeness (QED) is 0.768. The molecule has 0 bridgehead atoms. The molecule has 1 heterocycles. The lowest BCUT2D eigenvalue weighted by molar-refractivity contribution is 0.0699. The minimum Gasteiger partial charge on any atom is -0.478 e. The highest BCUT2D eigenvalue weighted by Gasteiger charge is 2.16. The third-order valence-corrected chi connectivity index (χ3v) is 3.45. The Kier molecular flexibility index (Phi) is 3.41. The molecular weight excluding hydrogens is 266 g/mol. The van der Waals surface area contributed by atoms with Gasteiger partial charge in [-0.2, -0.15) is 0 Å². The molecule has 0 radical (unpaired) electrons. The summed E-state index contributed by atoms with van der Waals surface area (Å²) in [5.74, 6) is -0.295. The van der Waals surface area contributed by atoms with Crippen LogP contribution >= 0.6 is 0 Å². The molecule has 0 atom stereocenters. The van der Waals surface area contributed by atoms with Crippen LogP contribution in [-0.2, 0) is 13.1 Å². The zero-order valence-corrected chi connectivity index (χ0v) is 11.4. The van der Waals surface area contributed by atoms with Gasteiger partial charge in [-0.1, -0.05) is 36.4 Å². The Morgan fingerprint density at radius 3 is 2.57 bits per heavy atom. The zero-order chi connectivity index (χ0) is 14.8. The summed E-state index contributed by atoms with van der Waals surface area (Å²) in [7, 11) is 0. The van der Waals surface area contributed by atoms with Crippen LogP contribution in [0.25, 0.3) is 11.0 Å². The van der Waals surface area contributed by atoms with Crippen LogP contribution in [0.1, 0.15) is 21.7 Å². The molecule has 1 aromatic heterocycles. The Hall–Kier alpha value is -2.66. The van der Waals surface area contributed by atoms with Crippen molar-refractivity contribution in [2.24, 2.45) is 5.73 Å². The monoisotopic (exact) mass is 281 g/mol. The van der Waals surface area contributed by atoms with Gasteiger partial charge < -0.3 is 15.4 Å². The maximum Gasteiger partial charge on any atom is 0.337 e. The number of rotatable bonds is 4. The Morgan fingerprint density at radius 2 is 1.90 bits per heavy atom. The summed E-state index contributed by atoms with van der Waals surface area (Å²) in [6.07, 6.45) is 0. The van der Waals surface area contributed by atoms with Crippen molar-refractivity contribution in [2.45, 2.75) is 13.1 Å². The number of para-hydroxylation sites is 1. The fourth-order valence-corrected chi connectivity index (χ4v) is 2.47. The van der Waals surface area contributed by atoms with Gasteiger partial charge in [0.1, 0.15) is 11.3 Å². The first-order valence-electron chi connectivity index (χ1n) is 6.66. The zero-order valence-electron chi connectivity index (χ0n) is 11.4. The van der Waals surface area contributed by atoms with E-state index in [1.807, 2.05) is 41.0 Å². The average molecular weight is 281 g/mol. The van der Waals surface area contributed by atoms with Crippen molar-refractivity contribution in [2.75, 3.05) is 0 Å². The van der Waals surface area contributed by atoms with Gasteiger partial charge in [-0.3, -0.25) is 0 Å². The molecule has 2 aromatic carbocycles. The number of nitrogens with zero attached hydrogens (tertiary/aromatic N) is 2. The molecule has 0 amide bonds. The molecule has 0 saturated carbocycles. The van der Waals surface area contributed by atoms with E-state index in [1.165, 1.54) is 0 Å². The fourth-order valence-electron chi connectivity index (χ4n) is 2.47. The molecule has 0 aliphatic carbocycles. The number of fused-ring (bicyclic) bond motifs is 1. The molecular formula is C16H15N3O2. The molecule has 3 rings (SSSR count). The van der Waals surface area contributed by atoms with Crippen LogP contribution in [0.5, 0.6) is 0 Å². The van der Waals surface area contributed by atoms with Crippen molar-refractivity contribution in [3.63, 3.8) is 0 Å². The van der Waals surface area contributed by atoms with Gasteiger partial charge in [-0.15, -0.1) is 0 Å². The lowest BCUT2D eigenvalue weighted by atomic mass is 10.2. The minimum absolute atomic E-state index is 0.203. The number of carboxylic acids is 1. The van der Waals surface area contributed by atoms with Crippen molar-refractivity contribution in [3.8, 4) is 0 Å². The average Bonchev–Trinajstić information content (AvgIpc) is 2.86. The molecule has 0 spiro atoms. The Labute approximate surface area is 121 Å². The highest BCUT2D eigenvalue weighted by molar-refractivity contribution is 6.01. The van der Waals surface area contributed by atoms with Crippen molar-refractivity contribution in [1.29, 1.82) is 0 Å². The number of aromatic nitrogens is 2. The highest BCUT2D eigenvalue weighted by atomic mass is 16.4. The summed E-state index contributed by atoms with van der Waals surface area (Å²) in [6, 6.07) is 15.1. The molecule has 0 aliphatic heterocycles. The third kappa shape index (κ3) is 2.39. The van der Waals surface area contributed by atoms with Gasteiger partial charge in [-0.25, -0.2) is 9.78 Å². The van der Waals surface area contributed by atoms with E-state index in [1.54, 1.807) is 12.1 Å². The number of imidazole rings is 1. The van der Waals surface area contributed by atoms with E-state index < -0.39 is 5.97 Å². The van der Waals surface area contributed by atoms with E-state index in [9.17, 15) is 9.90 Å². The summed E-state index contributed by atoms with van der Waals surface area (Å²) >= 11 is 0. The molecule has 5 heteroatoms. The number of aromatic carboxylic acids is 1. The van der Waals surface area contributed by atoms with Crippen LogP contribution in [0.2, 0.25) is 0 Å². The van der Waals surface area contributed by atoms with Gasteiger partial charge in [0.25, 0.3) is 0 Å². The van der Waals surface area contributed by atoms with Gasteiger partial charge in [0.2, 0.25) is 0 Å². The second kappa shape index (κ2) is 5.38. The van der Waals surface area contributed by atoms with Crippen LogP contribution in [0, 0.1) is 0 Å². The van der Waals surface area contributed by atoms with Crippen LogP contribution in [0.15, 0.2) is 48.5 Å².